The highest BCUT2D eigenvalue weighted by molar-refractivity contribution is 5.73. The highest BCUT2D eigenvalue weighted by Gasteiger charge is 2.19. The normalized spacial score (nSPS) is 19.1. The van der Waals surface area contributed by atoms with Crippen LogP contribution in [0, 0.1) is 5.92 Å². The quantitative estimate of drug-likeness (QED) is 0.727. The van der Waals surface area contributed by atoms with Crippen molar-refractivity contribution in [3.63, 3.8) is 0 Å². The van der Waals surface area contributed by atoms with Gasteiger partial charge in [0.2, 0.25) is 5.91 Å². The molecule has 1 aliphatic carbocycles. The molecule has 1 fully saturated rings. The second kappa shape index (κ2) is 7.84. The zero-order chi connectivity index (χ0) is 11.0. The lowest BCUT2D eigenvalue weighted by Crippen LogP contribution is -2.37. The van der Waals surface area contributed by atoms with E-state index in [0.717, 1.165) is 5.92 Å². The molecule has 2 nitrogen and oxygen atoms in total. The molecule has 1 saturated carbocycles. The van der Waals surface area contributed by atoms with Crippen molar-refractivity contribution in [2.24, 2.45) is 5.92 Å². The predicted octanol–water partition coefficient (Wildman–Crippen LogP) is 3.12. The first-order valence-electron chi connectivity index (χ1n) is 5.97. The minimum Gasteiger partial charge on any atom is -0.354 e. The summed E-state index contributed by atoms with van der Waals surface area (Å²) in [5.41, 5.74) is 0. The van der Waals surface area contributed by atoms with Crippen LogP contribution in [0.2, 0.25) is 0 Å². The van der Waals surface area contributed by atoms with E-state index in [4.69, 9.17) is 0 Å². The molecular weight excluding hydrogens is 174 g/mol. The lowest BCUT2D eigenvalue weighted by Gasteiger charge is -2.27. The predicted molar refractivity (Wildman–Crippen MR) is 61.2 cm³/mol. The molecule has 1 rings (SSSR count). The Balaban J connectivity index is 0.000000791. The molecule has 0 aromatic carbocycles. The van der Waals surface area contributed by atoms with Crippen LogP contribution in [0.4, 0.5) is 0 Å². The summed E-state index contributed by atoms with van der Waals surface area (Å²) in [4.78, 5) is 10.8. The van der Waals surface area contributed by atoms with Gasteiger partial charge in [-0.25, -0.2) is 0 Å². The van der Waals surface area contributed by atoms with Crippen LogP contribution in [0.3, 0.4) is 0 Å². The number of carbonyl (C=O) groups excluding carboxylic acids is 1. The summed E-state index contributed by atoms with van der Waals surface area (Å²) < 4.78 is 0. The first kappa shape index (κ1) is 13.5. The molecule has 1 unspecified atom stereocenters. The maximum Gasteiger partial charge on any atom is 0.217 e. The van der Waals surface area contributed by atoms with Crippen molar-refractivity contribution in [1.82, 2.24) is 5.32 Å². The highest BCUT2D eigenvalue weighted by atomic mass is 16.1. The monoisotopic (exact) mass is 199 g/mol. The van der Waals surface area contributed by atoms with Gasteiger partial charge in [0.1, 0.15) is 0 Å². The van der Waals surface area contributed by atoms with Gasteiger partial charge in [-0.05, 0) is 25.7 Å². The van der Waals surface area contributed by atoms with Crippen LogP contribution in [0.5, 0.6) is 0 Å². The average Bonchev–Trinajstić information content (AvgIpc) is 2.21. The van der Waals surface area contributed by atoms with Gasteiger partial charge in [0.15, 0.2) is 0 Å². The third kappa shape index (κ3) is 5.25. The summed E-state index contributed by atoms with van der Waals surface area (Å²) in [5, 5.41) is 2.97. The Kier molecular flexibility index (Phi) is 7.54. The van der Waals surface area contributed by atoms with Crippen LogP contribution in [-0.4, -0.2) is 11.9 Å². The summed E-state index contributed by atoms with van der Waals surface area (Å²) in [6.07, 6.45) is 6.65. The molecule has 0 aromatic heterocycles. The van der Waals surface area contributed by atoms with Gasteiger partial charge in [0.05, 0.1) is 0 Å². The average molecular weight is 199 g/mol. The van der Waals surface area contributed by atoms with Gasteiger partial charge in [-0.2, -0.15) is 0 Å². The largest absolute Gasteiger partial charge is 0.354 e. The molecule has 0 saturated heterocycles. The smallest absolute Gasteiger partial charge is 0.217 e. The van der Waals surface area contributed by atoms with Gasteiger partial charge in [-0.15, -0.1) is 0 Å². The van der Waals surface area contributed by atoms with Crippen molar-refractivity contribution in [1.29, 1.82) is 0 Å². The molecule has 1 amide bonds. The molecule has 0 heterocycles. The van der Waals surface area contributed by atoms with E-state index in [2.05, 4.69) is 12.2 Å². The fourth-order valence-corrected chi connectivity index (χ4v) is 2.07. The van der Waals surface area contributed by atoms with Crippen LogP contribution in [0.15, 0.2) is 0 Å². The third-order valence-corrected chi connectivity index (χ3v) is 2.79. The maximum atomic E-state index is 10.8. The second-order valence-corrected chi connectivity index (χ2v) is 3.89. The lowest BCUT2D eigenvalue weighted by molar-refractivity contribution is -0.119. The molecule has 0 spiro atoms. The fraction of sp³-hybridized carbons (Fsp3) is 0.917. The van der Waals surface area contributed by atoms with Crippen molar-refractivity contribution >= 4 is 5.91 Å². The van der Waals surface area contributed by atoms with Gasteiger partial charge in [-0.3, -0.25) is 4.79 Å². The van der Waals surface area contributed by atoms with Crippen molar-refractivity contribution < 1.29 is 4.79 Å². The van der Waals surface area contributed by atoms with E-state index >= 15 is 0 Å². The molecule has 1 atom stereocenters. The molecular formula is C12H25NO. The van der Waals surface area contributed by atoms with E-state index in [1.165, 1.54) is 32.1 Å². The van der Waals surface area contributed by atoms with Crippen LogP contribution in [0.25, 0.3) is 0 Å². The van der Waals surface area contributed by atoms with Crippen molar-refractivity contribution in [2.45, 2.75) is 65.8 Å². The van der Waals surface area contributed by atoms with E-state index < -0.39 is 0 Å². The van der Waals surface area contributed by atoms with Gasteiger partial charge in [0.25, 0.3) is 0 Å². The summed E-state index contributed by atoms with van der Waals surface area (Å²) in [7, 11) is 0. The summed E-state index contributed by atoms with van der Waals surface area (Å²) in [6.45, 7) is 7.72. The Labute approximate surface area is 88.5 Å². The second-order valence-electron chi connectivity index (χ2n) is 3.89. The van der Waals surface area contributed by atoms with Gasteiger partial charge in [0, 0.05) is 13.0 Å². The molecule has 2 heteroatoms. The standard InChI is InChI=1S/C10H19NO.C2H6/c1-8(11-9(2)12)10-6-4-3-5-7-10;1-2/h8,10H,3-7H2,1-2H3,(H,11,12);1-2H3. The number of hydrogen-bond acceptors (Lipinski definition) is 1. The molecule has 0 bridgehead atoms. The van der Waals surface area contributed by atoms with Crippen molar-refractivity contribution in [3.8, 4) is 0 Å². The zero-order valence-electron chi connectivity index (χ0n) is 10.1. The first-order valence-corrected chi connectivity index (χ1v) is 5.97. The first-order chi connectivity index (χ1) is 6.70. The minimum absolute atomic E-state index is 0.105. The number of hydrogen-bond donors (Lipinski definition) is 1. The molecule has 1 N–H and O–H groups in total. The van der Waals surface area contributed by atoms with E-state index in [9.17, 15) is 4.79 Å². The van der Waals surface area contributed by atoms with Crippen molar-refractivity contribution in [2.75, 3.05) is 0 Å². The van der Waals surface area contributed by atoms with Gasteiger partial charge >= 0.3 is 0 Å². The number of nitrogens with one attached hydrogen (secondary N) is 1. The minimum atomic E-state index is 0.105. The van der Waals surface area contributed by atoms with Crippen LogP contribution < -0.4 is 5.32 Å². The van der Waals surface area contributed by atoms with E-state index in [0.29, 0.717) is 6.04 Å². The van der Waals surface area contributed by atoms with E-state index in [1.807, 2.05) is 13.8 Å². The maximum absolute atomic E-state index is 10.8. The van der Waals surface area contributed by atoms with Crippen LogP contribution in [-0.2, 0) is 4.79 Å². The Bertz CT molecular complexity index is 150. The summed E-state index contributed by atoms with van der Waals surface area (Å²) >= 11 is 0. The van der Waals surface area contributed by atoms with Crippen LogP contribution >= 0.6 is 0 Å². The molecule has 1 aliphatic rings. The SMILES string of the molecule is CC.CC(=O)NC(C)C1CCCCC1. The van der Waals surface area contributed by atoms with Crippen molar-refractivity contribution in [3.05, 3.63) is 0 Å². The molecule has 84 valence electrons. The highest BCUT2D eigenvalue weighted by Crippen LogP contribution is 2.26. The Hall–Kier alpha value is -0.530. The number of rotatable bonds is 2. The zero-order valence-corrected chi connectivity index (χ0v) is 10.1. The Morgan fingerprint density at radius 1 is 1.21 bits per heavy atom. The topological polar surface area (TPSA) is 29.1 Å². The summed E-state index contributed by atoms with van der Waals surface area (Å²) in [6, 6.07) is 0.378. The summed E-state index contributed by atoms with van der Waals surface area (Å²) in [5.74, 6) is 0.829. The van der Waals surface area contributed by atoms with E-state index in [1.54, 1.807) is 6.92 Å². The molecule has 0 aromatic rings. The fourth-order valence-electron chi connectivity index (χ4n) is 2.07. The lowest BCUT2D eigenvalue weighted by atomic mass is 9.84. The molecule has 0 radical (unpaired) electrons. The third-order valence-electron chi connectivity index (χ3n) is 2.79. The number of carbonyl (C=O) groups is 1. The van der Waals surface area contributed by atoms with Gasteiger partial charge in [-0.1, -0.05) is 33.1 Å². The molecule has 14 heavy (non-hydrogen) atoms. The van der Waals surface area contributed by atoms with Crippen LogP contribution in [0.1, 0.15) is 59.8 Å². The molecule has 0 aliphatic heterocycles. The Morgan fingerprint density at radius 2 is 1.71 bits per heavy atom. The Morgan fingerprint density at radius 3 is 2.14 bits per heavy atom. The number of amides is 1. The van der Waals surface area contributed by atoms with Gasteiger partial charge < -0.3 is 5.32 Å². The van der Waals surface area contributed by atoms with E-state index in [-0.39, 0.29) is 5.91 Å².